The molecule has 0 N–H and O–H groups in total. The summed E-state index contributed by atoms with van der Waals surface area (Å²) >= 11 is 0. The van der Waals surface area contributed by atoms with E-state index in [1.54, 1.807) is 13.8 Å². The SMILES string of the molecule is CCOC(=O)C(OP(C)(=O)OCC(C)C)C(F)(F)F. The quantitative estimate of drug-likeness (QED) is 0.534. The van der Waals surface area contributed by atoms with E-state index in [4.69, 9.17) is 4.52 Å². The molecule has 0 heterocycles. The molecular weight excluding hydrogens is 288 g/mol. The summed E-state index contributed by atoms with van der Waals surface area (Å²) in [4.78, 5) is 11.2. The molecule has 0 amide bonds. The van der Waals surface area contributed by atoms with Crippen molar-refractivity contribution in [3.05, 3.63) is 0 Å². The Labute approximate surface area is 109 Å². The summed E-state index contributed by atoms with van der Waals surface area (Å²) in [5.74, 6) is -1.67. The largest absolute Gasteiger partial charge is 0.464 e. The Bertz CT molecular complexity index is 343. The minimum Gasteiger partial charge on any atom is -0.464 e. The minimum absolute atomic E-state index is 0.0381. The van der Waals surface area contributed by atoms with Crippen molar-refractivity contribution in [2.75, 3.05) is 19.9 Å². The Hall–Kier alpha value is -0.590. The molecule has 2 atom stereocenters. The van der Waals surface area contributed by atoms with Crippen LogP contribution in [0.25, 0.3) is 0 Å². The van der Waals surface area contributed by atoms with Gasteiger partial charge in [0.1, 0.15) is 0 Å². The van der Waals surface area contributed by atoms with Gasteiger partial charge in [-0.3, -0.25) is 9.09 Å². The van der Waals surface area contributed by atoms with Gasteiger partial charge in [-0.15, -0.1) is 0 Å². The monoisotopic (exact) mass is 306 g/mol. The summed E-state index contributed by atoms with van der Waals surface area (Å²) in [5.41, 5.74) is 0. The lowest BCUT2D eigenvalue weighted by atomic mass is 10.2. The molecule has 19 heavy (non-hydrogen) atoms. The van der Waals surface area contributed by atoms with Gasteiger partial charge in [0.2, 0.25) is 0 Å². The first-order valence-electron chi connectivity index (χ1n) is 5.63. The molecule has 0 aliphatic heterocycles. The summed E-state index contributed by atoms with van der Waals surface area (Å²) in [6, 6.07) is 0. The van der Waals surface area contributed by atoms with Crippen LogP contribution in [0.1, 0.15) is 20.8 Å². The van der Waals surface area contributed by atoms with E-state index in [0.29, 0.717) is 0 Å². The maximum atomic E-state index is 12.6. The van der Waals surface area contributed by atoms with Gasteiger partial charge in [-0.2, -0.15) is 13.2 Å². The van der Waals surface area contributed by atoms with Gasteiger partial charge in [0.25, 0.3) is 6.10 Å². The molecule has 0 aromatic carbocycles. The lowest BCUT2D eigenvalue weighted by Crippen LogP contribution is -2.39. The fourth-order valence-electron chi connectivity index (χ4n) is 0.961. The van der Waals surface area contributed by atoms with E-state index in [2.05, 4.69) is 9.26 Å². The first-order valence-corrected chi connectivity index (χ1v) is 7.62. The van der Waals surface area contributed by atoms with E-state index in [-0.39, 0.29) is 19.1 Å². The molecule has 0 aliphatic rings. The van der Waals surface area contributed by atoms with E-state index in [9.17, 15) is 22.5 Å². The van der Waals surface area contributed by atoms with E-state index >= 15 is 0 Å². The summed E-state index contributed by atoms with van der Waals surface area (Å²) in [5, 5.41) is 0. The third-order valence-corrected chi connectivity index (χ3v) is 2.95. The highest BCUT2D eigenvalue weighted by atomic mass is 31.2. The molecule has 0 aromatic heterocycles. The highest BCUT2D eigenvalue weighted by molar-refractivity contribution is 7.53. The first-order chi connectivity index (χ1) is 8.49. The summed E-state index contributed by atoms with van der Waals surface area (Å²) < 4.78 is 62.9. The van der Waals surface area contributed by atoms with E-state index in [0.717, 1.165) is 6.66 Å². The van der Waals surface area contributed by atoms with E-state index in [1.807, 2.05) is 0 Å². The smallest absolute Gasteiger partial charge is 0.426 e. The molecule has 0 rings (SSSR count). The number of hydrogen-bond donors (Lipinski definition) is 0. The molecular formula is C10H18F3O5P. The Balaban J connectivity index is 4.82. The van der Waals surface area contributed by atoms with Crippen LogP contribution in [0.2, 0.25) is 0 Å². The zero-order chi connectivity index (χ0) is 15.3. The van der Waals surface area contributed by atoms with Crippen LogP contribution in [-0.4, -0.2) is 38.1 Å². The molecule has 0 aliphatic carbocycles. The second kappa shape index (κ2) is 7.26. The average molecular weight is 306 g/mol. The van der Waals surface area contributed by atoms with Crippen LogP contribution < -0.4 is 0 Å². The normalized spacial score (nSPS) is 17.1. The van der Waals surface area contributed by atoms with Crippen LogP contribution in [0, 0.1) is 5.92 Å². The molecule has 2 unspecified atom stereocenters. The molecule has 0 fully saturated rings. The fraction of sp³-hybridized carbons (Fsp3) is 0.900. The topological polar surface area (TPSA) is 61.8 Å². The summed E-state index contributed by atoms with van der Waals surface area (Å²) in [7, 11) is -4.00. The predicted molar refractivity (Wildman–Crippen MR) is 61.9 cm³/mol. The lowest BCUT2D eigenvalue weighted by molar-refractivity contribution is -0.212. The second-order valence-corrected chi connectivity index (χ2v) is 6.25. The lowest BCUT2D eigenvalue weighted by Gasteiger charge is -2.23. The highest BCUT2D eigenvalue weighted by Crippen LogP contribution is 2.48. The number of rotatable bonds is 7. The zero-order valence-corrected chi connectivity index (χ0v) is 12.1. The van der Waals surface area contributed by atoms with E-state index < -0.39 is 25.8 Å². The van der Waals surface area contributed by atoms with Crippen molar-refractivity contribution in [1.82, 2.24) is 0 Å². The highest BCUT2D eigenvalue weighted by Gasteiger charge is 2.50. The van der Waals surface area contributed by atoms with Gasteiger partial charge in [-0.05, 0) is 12.8 Å². The van der Waals surface area contributed by atoms with Crippen molar-refractivity contribution in [1.29, 1.82) is 0 Å². The van der Waals surface area contributed by atoms with Gasteiger partial charge in [-0.1, -0.05) is 13.8 Å². The van der Waals surface area contributed by atoms with Crippen molar-refractivity contribution in [2.24, 2.45) is 5.92 Å². The third kappa shape index (κ3) is 7.54. The molecule has 114 valence electrons. The molecule has 5 nitrogen and oxygen atoms in total. The first kappa shape index (κ1) is 18.4. The van der Waals surface area contributed by atoms with Gasteiger partial charge >= 0.3 is 19.7 Å². The zero-order valence-electron chi connectivity index (χ0n) is 11.2. The molecule has 0 aromatic rings. The molecule has 0 saturated heterocycles. The number of hydrogen-bond acceptors (Lipinski definition) is 5. The summed E-state index contributed by atoms with van der Waals surface area (Å²) in [6.45, 7) is 5.41. The Morgan fingerprint density at radius 2 is 1.84 bits per heavy atom. The number of carbonyl (C=O) groups is 1. The Kier molecular flexibility index (Phi) is 7.04. The maximum Gasteiger partial charge on any atom is 0.426 e. The van der Waals surface area contributed by atoms with E-state index in [1.165, 1.54) is 6.92 Å². The average Bonchev–Trinajstić information content (AvgIpc) is 2.22. The second-order valence-electron chi connectivity index (χ2n) is 4.24. The number of esters is 1. The minimum atomic E-state index is -5.01. The van der Waals surface area contributed by atoms with Crippen LogP contribution >= 0.6 is 7.60 Å². The Morgan fingerprint density at radius 1 is 1.32 bits per heavy atom. The molecule has 0 bridgehead atoms. The van der Waals surface area contributed by atoms with Gasteiger partial charge in [0.05, 0.1) is 13.2 Å². The van der Waals surface area contributed by atoms with Gasteiger partial charge in [-0.25, -0.2) is 4.79 Å². The van der Waals surface area contributed by atoms with Crippen molar-refractivity contribution < 1.29 is 36.3 Å². The number of ether oxygens (including phenoxy) is 1. The van der Waals surface area contributed by atoms with Gasteiger partial charge in [0, 0.05) is 6.66 Å². The standard InChI is InChI=1S/C10H18F3O5P/c1-5-16-9(14)8(10(11,12)13)18-19(4,15)17-6-7(2)3/h7-8H,5-6H2,1-4H3. The maximum absolute atomic E-state index is 12.6. The van der Waals surface area contributed by atoms with Crippen LogP contribution in [-0.2, 0) is 23.1 Å². The van der Waals surface area contributed by atoms with Crippen LogP contribution in [0.3, 0.4) is 0 Å². The number of carbonyl (C=O) groups excluding carboxylic acids is 1. The van der Waals surface area contributed by atoms with Crippen LogP contribution in [0.15, 0.2) is 0 Å². The molecule has 9 heteroatoms. The molecule has 0 saturated carbocycles. The summed E-state index contributed by atoms with van der Waals surface area (Å²) in [6.07, 6.45) is -7.92. The van der Waals surface area contributed by atoms with Gasteiger partial charge < -0.3 is 9.26 Å². The molecule has 0 spiro atoms. The molecule has 0 radical (unpaired) electrons. The van der Waals surface area contributed by atoms with Crippen LogP contribution in [0.5, 0.6) is 0 Å². The van der Waals surface area contributed by atoms with Crippen molar-refractivity contribution >= 4 is 13.6 Å². The number of halogens is 3. The van der Waals surface area contributed by atoms with Gasteiger partial charge in [0.15, 0.2) is 0 Å². The third-order valence-electron chi connectivity index (χ3n) is 1.74. The van der Waals surface area contributed by atoms with Crippen molar-refractivity contribution in [3.63, 3.8) is 0 Å². The van der Waals surface area contributed by atoms with Crippen molar-refractivity contribution in [3.8, 4) is 0 Å². The fourth-order valence-corrected chi connectivity index (χ4v) is 2.18. The van der Waals surface area contributed by atoms with Crippen molar-refractivity contribution in [2.45, 2.75) is 33.1 Å². The number of alkyl halides is 3. The van der Waals surface area contributed by atoms with Crippen LogP contribution in [0.4, 0.5) is 13.2 Å². The Morgan fingerprint density at radius 3 is 2.21 bits per heavy atom. The predicted octanol–water partition coefficient (Wildman–Crippen LogP) is 2.99.